The van der Waals surface area contributed by atoms with Crippen LogP contribution in [0.15, 0.2) is 30.3 Å². The Balaban J connectivity index is 1.35. The Morgan fingerprint density at radius 2 is 1.96 bits per heavy atom. The van der Waals surface area contributed by atoms with Crippen LogP contribution in [0.1, 0.15) is 18.4 Å². The van der Waals surface area contributed by atoms with Gasteiger partial charge in [0.1, 0.15) is 5.78 Å². The van der Waals surface area contributed by atoms with Crippen molar-refractivity contribution in [2.75, 3.05) is 32.9 Å². The largest absolute Gasteiger partial charge is 0.379 e. The molecule has 4 nitrogen and oxygen atoms in total. The first kappa shape index (κ1) is 15.3. The average molecular weight is 315 g/mol. The van der Waals surface area contributed by atoms with Crippen LogP contribution in [0.3, 0.4) is 0 Å². The fourth-order valence-electron chi connectivity index (χ4n) is 4.61. The number of carbonyl (C=O) groups excluding carboxylic acids is 1. The number of ketones is 1. The van der Waals surface area contributed by atoms with Crippen molar-refractivity contribution >= 4 is 5.78 Å². The molecule has 4 heteroatoms. The molecule has 0 aromatic heterocycles. The maximum Gasteiger partial charge on any atom is 0.138 e. The Kier molecular flexibility index (Phi) is 4.47. The molecule has 0 amide bonds. The fraction of sp³-hybridized carbons (Fsp3) is 0.632. The molecule has 4 rings (SSSR count). The second-order valence-corrected chi connectivity index (χ2v) is 6.96. The lowest BCUT2D eigenvalue weighted by molar-refractivity contribution is -0.124. The quantitative estimate of drug-likeness (QED) is 0.832. The predicted molar refractivity (Wildman–Crippen MR) is 87.3 cm³/mol. The van der Waals surface area contributed by atoms with E-state index in [1.165, 1.54) is 5.56 Å². The van der Waals surface area contributed by atoms with Gasteiger partial charge in [-0.2, -0.15) is 0 Å². The normalized spacial score (nSPS) is 34.2. The number of fused-ring (bicyclic) bond motifs is 2. The number of nitrogens with zero attached hydrogens (tertiary/aromatic N) is 1. The third-order valence-corrected chi connectivity index (χ3v) is 5.70. The lowest BCUT2D eigenvalue weighted by Crippen LogP contribution is -2.46. The minimum atomic E-state index is 0.194. The Hall–Kier alpha value is -1.23. The molecule has 3 fully saturated rings. The fourth-order valence-corrected chi connectivity index (χ4v) is 4.61. The highest BCUT2D eigenvalue weighted by molar-refractivity contribution is 5.86. The van der Waals surface area contributed by atoms with E-state index in [-0.39, 0.29) is 12.0 Å². The second kappa shape index (κ2) is 6.71. The van der Waals surface area contributed by atoms with E-state index < -0.39 is 0 Å². The first-order valence-electron chi connectivity index (χ1n) is 8.83. The van der Waals surface area contributed by atoms with Crippen LogP contribution in [-0.2, 0) is 20.7 Å². The van der Waals surface area contributed by atoms with Gasteiger partial charge in [0.2, 0.25) is 0 Å². The van der Waals surface area contributed by atoms with Crippen molar-refractivity contribution in [3.8, 4) is 0 Å². The van der Waals surface area contributed by atoms with E-state index in [4.69, 9.17) is 9.47 Å². The Bertz CT molecular complexity index is 541. The molecule has 0 N–H and O–H groups in total. The van der Waals surface area contributed by atoms with Crippen LogP contribution >= 0.6 is 0 Å². The van der Waals surface area contributed by atoms with E-state index in [0.29, 0.717) is 24.2 Å². The molecule has 2 saturated carbocycles. The Morgan fingerprint density at radius 1 is 1.17 bits per heavy atom. The molecule has 1 heterocycles. The van der Waals surface area contributed by atoms with E-state index in [1.807, 2.05) is 6.07 Å². The molecule has 1 aromatic rings. The van der Waals surface area contributed by atoms with Gasteiger partial charge in [-0.05, 0) is 18.4 Å². The lowest BCUT2D eigenvalue weighted by Gasteiger charge is -2.34. The Morgan fingerprint density at radius 3 is 2.74 bits per heavy atom. The van der Waals surface area contributed by atoms with Gasteiger partial charge in [-0.3, -0.25) is 9.69 Å². The van der Waals surface area contributed by atoms with Crippen molar-refractivity contribution in [3.05, 3.63) is 35.9 Å². The van der Waals surface area contributed by atoms with Gasteiger partial charge in [0.15, 0.2) is 0 Å². The molecular weight excluding hydrogens is 290 g/mol. The van der Waals surface area contributed by atoms with Crippen molar-refractivity contribution in [3.63, 3.8) is 0 Å². The molecule has 1 aliphatic heterocycles. The number of rotatable bonds is 5. The van der Waals surface area contributed by atoms with E-state index in [2.05, 4.69) is 29.2 Å². The molecule has 2 bridgehead atoms. The summed E-state index contributed by atoms with van der Waals surface area (Å²) in [6.07, 6.45) is 2.84. The third-order valence-electron chi connectivity index (χ3n) is 5.70. The van der Waals surface area contributed by atoms with Gasteiger partial charge in [0.25, 0.3) is 0 Å². The molecule has 1 aromatic carbocycles. The number of carbonyl (C=O) groups is 1. The number of ether oxygens (including phenoxy) is 2. The zero-order valence-electron chi connectivity index (χ0n) is 13.5. The van der Waals surface area contributed by atoms with Crippen molar-refractivity contribution in [1.29, 1.82) is 0 Å². The minimum Gasteiger partial charge on any atom is -0.379 e. The summed E-state index contributed by atoms with van der Waals surface area (Å²) in [5.74, 6) is 1.04. The number of morpholine rings is 1. The molecule has 0 radical (unpaired) electrons. The van der Waals surface area contributed by atoms with Gasteiger partial charge in [-0.15, -0.1) is 0 Å². The van der Waals surface area contributed by atoms with E-state index >= 15 is 0 Å². The highest BCUT2D eigenvalue weighted by Gasteiger charge is 2.55. The molecule has 3 aliphatic rings. The highest BCUT2D eigenvalue weighted by Crippen LogP contribution is 2.46. The maximum absolute atomic E-state index is 12.2. The standard InChI is InChI=1S/C19H25NO3/c21-17-12-16-18(23-9-6-14-4-2-1-3-5-14)13-15(17)19(16)20-7-10-22-11-8-20/h1-5,15-16,18-19H,6-13H2. The first-order chi connectivity index (χ1) is 11.3. The third kappa shape index (κ3) is 3.08. The first-order valence-corrected chi connectivity index (χ1v) is 8.83. The van der Waals surface area contributed by atoms with Crippen molar-refractivity contribution in [2.24, 2.45) is 11.8 Å². The number of Topliss-reactive ketones (excluding diaryl/α,β-unsaturated/α-hetero) is 1. The molecule has 2 aliphatic carbocycles. The van der Waals surface area contributed by atoms with Gasteiger partial charge in [0, 0.05) is 37.4 Å². The van der Waals surface area contributed by atoms with Crippen LogP contribution in [0.4, 0.5) is 0 Å². The number of hydrogen-bond donors (Lipinski definition) is 0. The van der Waals surface area contributed by atoms with Gasteiger partial charge in [-0.25, -0.2) is 0 Å². The zero-order chi connectivity index (χ0) is 15.6. The monoisotopic (exact) mass is 315 g/mol. The van der Waals surface area contributed by atoms with Crippen molar-refractivity contribution in [2.45, 2.75) is 31.4 Å². The molecule has 4 unspecified atom stereocenters. The summed E-state index contributed by atoms with van der Waals surface area (Å²) < 4.78 is 11.7. The summed E-state index contributed by atoms with van der Waals surface area (Å²) in [6, 6.07) is 10.9. The lowest BCUT2D eigenvalue weighted by atomic mass is 9.96. The molecular formula is C19H25NO3. The SMILES string of the molecule is O=C1CC2C(OCCc3ccccc3)CC1C2N1CCOCC1. The second-order valence-electron chi connectivity index (χ2n) is 6.96. The topological polar surface area (TPSA) is 38.8 Å². The molecule has 4 atom stereocenters. The zero-order valence-corrected chi connectivity index (χ0v) is 13.5. The average Bonchev–Trinajstić information content (AvgIpc) is 3.10. The summed E-state index contributed by atoms with van der Waals surface area (Å²) in [6.45, 7) is 4.26. The van der Waals surface area contributed by atoms with Gasteiger partial charge >= 0.3 is 0 Å². The van der Waals surface area contributed by atoms with Crippen molar-refractivity contribution < 1.29 is 14.3 Å². The van der Waals surface area contributed by atoms with Gasteiger partial charge < -0.3 is 9.47 Å². The Labute approximate surface area is 137 Å². The van der Waals surface area contributed by atoms with Crippen LogP contribution in [0.25, 0.3) is 0 Å². The number of benzene rings is 1. The van der Waals surface area contributed by atoms with Crippen LogP contribution in [0, 0.1) is 11.8 Å². The van der Waals surface area contributed by atoms with Crippen LogP contribution in [-0.4, -0.2) is 55.7 Å². The highest BCUT2D eigenvalue weighted by atomic mass is 16.5. The van der Waals surface area contributed by atoms with Gasteiger partial charge in [0.05, 0.1) is 25.9 Å². The van der Waals surface area contributed by atoms with E-state index in [0.717, 1.165) is 45.8 Å². The summed E-state index contributed by atoms with van der Waals surface area (Å²) >= 11 is 0. The van der Waals surface area contributed by atoms with E-state index in [1.54, 1.807) is 0 Å². The minimum absolute atomic E-state index is 0.194. The van der Waals surface area contributed by atoms with Crippen molar-refractivity contribution in [1.82, 2.24) is 4.90 Å². The number of hydrogen-bond acceptors (Lipinski definition) is 4. The molecule has 1 saturated heterocycles. The van der Waals surface area contributed by atoms with Gasteiger partial charge in [-0.1, -0.05) is 30.3 Å². The molecule has 124 valence electrons. The van der Waals surface area contributed by atoms with Crippen LogP contribution in [0.5, 0.6) is 0 Å². The summed E-state index contributed by atoms with van der Waals surface area (Å²) in [5, 5.41) is 0. The maximum atomic E-state index is 12.2. The molecule has 23 heavy (non-hydrogen) atoms. The summed E-state index contributed by atoms with van der Waals surface area (Å²) in [7, 11) is 0. The van der Waals surface area contributed by atoms with E-state index in [9.17, 15) is 4.79 Å². The molecule has 0 spiro atoms. The van der Waals surface area contributed by atoms with Crippen LogP contribution in [0.2, 0.25) is 0 Å². The van der Waals surface area contributed by atoms with Crippen LogP contribution < -0.4 is 0 Å². The summed E-state index contributed by atoms with van der Waals surface area (Å²) in [4.78, 5) is 14.7. The predicted octanol–water partition coefficient (Wildman–Crippen LogP) is 1.92. The summed E-state index contributed by atoms with van der Waals surface area (Å²) in [5.41, 5.74) is 1.32. The smallest absolute Gasteiger partial charge is 0.138 e.